The molecule has 1 unspecified atom stereocenters. The summed E-state index contributed by atoms with van der Waals surface area (Å²) in [6, 6.07) is 0. The van der Waals surface area contributed by atoms with Crippen LogP contribution >= 0.6 is 0 Å². The molecule has 0 aromatic heterocycles. The summed E-state index contributed by atoms with van der Waals surface area (Å²) in [5.41, 5.74) is 1.46. The quantitative estimate of drug-likeness (QED) is 0.537. The fraction of sp³-hybridized carbons (Fsp3) is 0.583. The Morgan fingerprint density at radius 1 is 1.33 bits per heavy atom. The summed E-state index contributed by atoms with van der Waals surface area (Å²) in [4.78, 5) is 0. The molecule has 0 amide bonds. The summed E-state index contributed by atoms with van der Waals surface area (Å²) in [5, 5.41) is 0. The highest BCUT2D eigenvalue weighted by molar-refractivity contribution is 5.00. The smallest absolute Gasteiger partial charge is 0.0259 e. The van der Waals surface area contributed by atoms with E-state index in [1.807, 2.05) is 0 Å². The molecule has 0 saturated heterocycles. The SMILES string of the molecule is CC=CC(C)C[CH]CC(C)=CC. The Kier molecular flexibility index (Phi) is 6.84. The van der Waals surface area contributed by atoms with Gasteiger partial charge in [-0.1, -0.05) is 30.7 Å². The maximum atomic E-state index is 2.36. The van der Waals surface area contributed by atoms with Crippen LogP contribution in [0.1, 0.15) is 40.5 Å². The van der Waals surface area contributed by atoms with Crippen LogP contribution in [0.5, 0.6) is 0 Å². The molecule has 0 aromatic rings. The van der Waals surface area contributed by atoms with Crippen LogP contribution in [-0.2, 0) is 0 Å². The van der Waals surface area contributed by atoms with Crippen LogP contribution < -0.4 is 0 Å². The highest BCUT2D eigenvalue weighted by atomic mass is 14.0. The van der Waals surface area contributed by atoms with Gasteiger partial charge < -0.3 is 0 Å². The minimum atomic E-state index is 0.694. The van der Waals surface area contributed by atoms with Gasteiger partial charge in [-0.05, 0) is 46.0 Å². The van der Waals surface area contributed by atoms with Crippen LogP contribution in [0.2, 0.25) is 0 Å². The van der Waals surface area contributed by atoms with Crippen molar-refractivity contribution >= 4 is 0 Å². The van der Waals surface area contributed by atoms with Crippen LogP contribution in [0.25, 0.3) is 0 Å². The van der Waals surface area contributed by atoms with Gasteiger partial charge in [-0.25, -0.2) is 0 Å². The Morgan fingerprint density at radius 3 is 2.50 bits per heavy atom. The van der Waals surface area contributed by atoms with E-state index in [0.29, 0.717) is 5.92 Å². The number of hydrogen-bond donors (Lipinski definition) is 0. The fourth-order valence-corrected chi connectivity index (χ4v) is 1.10. The molecule has 69 valence electrons. The molecule has 0 aromatic carbocycles. The Labute approximate surface area is 77.4 Å². The van der Waals surface area contributed by atoms with Gasteiger partial charge in [0.2, 0.25) is 0 Å². The lowest BCUT2D eigenvalue weighted by molar-refractivity contribution is 0.696. The monoisotopic (exact) mass is 165 g/mol. The molecule has 0 aliphatic carbocycles. The number of hydrogen-bond acceptors (Lipinski definition) is 0. The first-order valence-corrected chi connectivity index (χ1v) is 4.77. The zero-order valence-electron chi connectivity index (χ0n) is 8.80. The van der Waals surface area contributed by atoms with Gasteiger partial charge in [0.15, 0.2) is 0 Å². The van der Waals surface area contributed by atoms with E-state index in [-0.39, 0.29) is 0 Å². The number of allylic oxidation sites excluding steroid dienone is 4. The van der Waals surface area contributed by atoms with Crippen molar-refractivity contribution in [3.63, 3.8) is 0 Å². The van der Waals surface area contributed by atoms with E-state index >= 15 is 0 Å². The molecule has 0 saturated carbocycles. The van der Waals surface area contributed by atoms with Crippen molar-refractivity contribution in [1.82, 2.24) is 0 Å². The van der Waals surface area contributed by atoms with Gasteiger partial charge in [0.25, 0.3) is 0 Å². The van der Waals surface area contributed by atoms with Crippen molar-refractivity contribution in [3.05, 3.63) is 30.2 Å². The van der Waals surface area contributed by atoms with Gasteiger partial charge in [-0.2, -0.15) is 0 Å². The summed E-state index contributed by atoms with van der Waals surface area (Å²) >= 11 is 0. The van der Waals surface area contributed by atoms with Crippen LogP contribution in [0.15, 0.2) is 23.8 Å². The molecule has 0 N–H and O–H groups in total. The normalized spacial score (nSPS) is 15.5. The summed E-state index contributed by atoms with van der Waals surface area (Å²) < 4.78 is 0. The second-order valence-corrected chi connectivity index (χ2v) is 3.37. The maximum Gasteiger partial charge on any atom is -0.0259 e. The van der Waals surface area contributed by atoms with Crippen LogP contribution in [-0.4, -0.2) is 0 Å². The van der Waals surface area contributed by atoms with Crippen molar-refractivity contribution in [2.45, 2.75) is 40.5 Å². The van der Waals surface area contributed by atoms with E-state index in [9.17, 15) is 0 Å². The molecule has 1 atom stereocenters. The molecule has 0 spiro atoms. The third kappa shape index (κ3) is 6.21. The standard InChI is InChI=1S/C12H21/c1-5-8-12(4)10-7-9-11(3)6-2/h5-8,12H,9-10H2,1-4H3. The number of rotatable bonds is 5. The zero-order chi connectivity index (χ0) is 9.40. The molecule has 0 heterocycles. The third-order valence-corrected chi connectivity index (χ3v) is 2.02. The average Bonchev–Trinajstić information content (AvgIpc) is 2.04. The Morgan fingerprint density at radius 2 is 2.00 bits per heavy atom. The zero-order valence-corrected chi connectivity index (χ0v) is 8.80. The predicted molar refractivity (Wildman–Crippen MR) is 56.9 cm³/mol. The second kappa shape index (κ2) is 7.15. The highest BCUT2D eigenvalue weighted by Gasteiger charge is 1.96. The van der Waals surface area contributed by atoms with E-state index in [4.69, 9.17) is 0 Å². The van der Waals surface area contributed by atoms with Crippen molar-refractivity contribution in [2.24, 2.45) is 5.92 Å². The highest BCUT2D eigenvalue weighted by Crippen LogP contribution is 2.11. The second-order valence-electron chi connectivity index (χ2n) is 3.37. The van der Waals surface area contributed by atoms with Crippen LogP contribution in [0, 0.1) is 12.3 Å². The first kappa shape index (κ1) is 11.5. The summed E-state index contributed by atoms with van der Waals surface area (Å²) in [7, 11) is 0. The lowest BCUT2D eigenvalue weighted by atomic mass is 10.0. The minimum absolute atomic E-state index is 0.694. The molecule has 12 heavy (non-hydrogen) atoms. The fourth-order valence-electron chi connectivity index (χ4n) is 1.10. The first-order valence-electron chi connectivity index (χ1n) is 4.77. The molecule has 0 bridgehead atoms. The molecule has 0 aliphatic heterocycles. The van der Waals surface area contributed by atoms with E-state index in [1.54, 1.807) is 0 Å². The van der Waals surface area contributed by atoms with E-state index < -0.39 is 0 Å². The third-order valence-electron chi connectivity index (χ3n) is 2.02. The van der Waals surface area contributed by atoms with E-state index in [0.717, 1.165) is 6.42 Å². The van der Waals surface area contributed by atoms with E-state index in [1.165, 1.54) is 12.0 Å². The predicted octanol–water partition coefficient (Wildman–Crippen LogP) is 4.15. The van der Waals surface area contributed by atoms with Gasteiger partial charge in [0.05, 0.1) is 0 Å². The average molecular weight is 165 g/mol. The molecule has 0 nitrogen and oxygen atoms in total. The van der Waals surface area contributed by atoms with Crippen molar-refractivity contribution in [2.75, 3.05) is 0 Å². The molecule has 0 aliphatic rings. The van der Waals surface area contributed by atoms with Crippen LogP contribution in [0.3, 0.4) is 0 Å². The lowest BCUT2D eigenvalue weighted by Gasteiger charge is -2.04. The Balaban J connectivity index is 3.43. The summed E-state index contributed by atoms with van der Waals surface area (Å²) in [6.45, 7) is 8.60. The van der Waals surface area contributed by atoms with Gasteiger partial charge in [-0.3, -0.25) is 0 Å². The van der Waals surface area contributed by atoms with Gasteiger partial charge >= 0.3 is 0 Å². The molecular formula is C12H21. The topological polar surface area (TPSA) is 0 Å². The molecule has 0 rings (SSSR count). The lowest BCUT2D eigenvalue weighted by Crippen LogP contribution is -1.90. The summed E-state index contributed by atoms with van der Waals surface area (Å²) in [5.74, 6) is 0.694. The molecule has 1 radical (unpaired) electrons. The van der Waals surface area contributed by atoms with Crippen LogP contribution in [0.4, 0.5) is 0 Å². The van der Waals surface area contributed by atoms with E-state index in [2.05, 4.69) is 52.3 Å². The van der Waals surface area contributed by atoms with Crippen molar-refractivity contribution in [1.29, 1.82) is 0 Å². The molecular weight excluding hydrogens is 144 g/mol. The van der Waals surface area contributed by atoms with Gasteiger partial charge in [-0.15, -0.1) is 0 Å². The van der Waals surface area contributed by atoms with Gasteiger partial charge in [0.1, 0.15) is 0 Å². The Bertz CT molecular complexity index is 151. The minimum Gasteiger partial charge on any atom is -0.0914 e. The van der Waals surface area contributed by atoms with Gasteiger partial charge in [0, 0.05) is 0 Å². The summed E-state index contributed by atoms with van der Waals surface area (Å²) in [6.07, 6.45) is 11.2. The molecule has 0 heteroatoms. The largest absolute Gasteiger partial charge is 0.0914 e. The first-order chi connectivity index (χ1) is 5.70. The Hall–Kier alpha value is -0.520. The van der Waals surface area contributed by atoms with Crippen molar-refractivity contribution in [3.8, 4) is 0 Å². The molecule has 0 fully saturated rings. The van der Waals surface area contributed by atoms with Crippen molar-refractivity contribution < 1.29 is 0 Å². The maximum absolute atomic E-state index is 2.36.